The molecule has 1 atom stereocenters. The maximum Gasteiger partial charge on any atom is 0.241 e. The molecule has 1 fully saturated rings. The Hall–Kier alpha value is -3.12. The van der Waals surface area contributed by atoms with Crippen molar-refractivity contribution in [3.05, 3.63) is 72.6 Å². The highest BCUT2D eigenvalue weighted by Gasteiger charge is 2.31. The van der Waals surface area contributed by atoms with Crippen LogP contribution in [0.25, 0.3) is 5.69 Å². The molecule has 6 heteroatoms. The molecule has 1 N–H and O–H groups in total. The molecule has 1 aliphatic heterocycles. The first-order valence-electron chi connectivity index (χ1n) is 9.51. The second-order valence-corrected chi connectivity index (χ2v) is 6.93. The fraction of sp³-hybridized carbons (Fsp3) is 0.273. The number of ether oxygens (including phenoxy) is 1. The number of hydrogen-bond donors (Lipinski definition) is 1. The second-order valence-electron chi connectivity index (χ2n) is 6.93. The Morgan fingerprint density at radius 1 is 1.21 bits per heavy atom. The van der Waals surface area contributed by atoms with E-state index >= 15 is 0 Å². The van der Waals surface area contributed by atoms with Gasteiger partial charge in [-0.15, -0.1) is 0 Å². The number of carbonyl (C=O) groups is 1. The smallest absolute Gasteiger partial charge is 0.241 e. The minimum atomic E-state index is -0.140. The minimum Gasteiger partial charge on any atom is -0.496 e. The third-order valence-electron chi connectivity index (χ3n) is 5.11. The number of carbonyl (C=O) groups excluding carboxylic acids is 1. The number of rotatable bonds is 6. The summed E-state index contributed by atoms with van der Waals surface area (Å²) in [6, 6.07) is 17.4. The van der Waals surface area contributed by atoms with Crippen molar-refractivity contribution in [1.29, 1.82) is 0 Å². The summed E-state index contributed by atoms with van der Waals surface area (Å²) in [6.07, 6.45) is 5.49. The topological polar surface area (TPSA) is 59.4 Å². The third kappa shape index (κ3) is 3.92. The summed E-state index contributed by atoms with van der Waals surface area (Å²) in [6.45, 7) is 1.61. The van der Waals surface area contributed by atoms with Crippen molar-refractivity contribution in [1.82, 2.24) is 14.7 Å². The fourth-order valence-corrected chi connectivity index (χ4v) is 3.74. The highest BCUT2D eigenvalue weighted by Crippen LogP contribution is 2.26. The van der Waals surface area contributed by atoms with Gasteiger partial charge in [-0.3, -0.25) is 9.69 Å². The Kier molecular flexibility index (Phi) is 5.39. The molecule has 0 aliphatic carbocycles. The van der Waals surface area contributed by atoms with E-state index in [1.54, 1.807) is 18.0 Å². The lowest BCUT2D eigenvalue weighted by atomic mass is 10.1. The van der Waals surface area contributed by atoms with Crippen LogP contribution in [0.1, 0.15) is 18.4 Å². The number of nitrogens with one attached hydrogen (secondary N) is 1. The van der Waals surface area contributed by atoms with Crippen molar-refractivity contribution >= 4 is 11.6 Å². The van der Waals surface area contributed by atoms with Gasteiger partial charge in [-0.25, -0.2) is 4.68 Å². The molecule has 0 radical (unpaired) electrons. The summed E-state index contributed by atoms with van der Waals surface area (Å²) in [7, 11) is 1.68. The molecule has 1 unspecified atom stereocenters. The molecule has 1 saturated heterocycles. The van der Waals surface area contributed by atoms with E-state index in [2.05, 4.69) is 21.4 Å². The molecule has 144 valence electrons. The van der Waals surface area contributed by atoms with Gasteiger partial charge in [0.2, 0.25) is 5.91 Å². The lowest BCUT2D eigenvalue weighted by molar-refractivity contribution is -0.120. The van der Waals surface area contributed by atoms with E-state index in [-0.39, 0.29) is 11.9 Å². The molecule has 3 aromatic rings. The number of benzene rings is 2. The number of methoxy groups -OCH3 is 1. The fourth-order valence-electron chi connectivity index (χ4n) is 3.74. The van der Waals surface area contributed by atoms with Gasteiger partial charge in [0, 0.05) is 30.2 Å². The molecule has 28 heavy (non-hydrogen) atoms. The zero-order valence-corrected chi connectivity index (χ0v) is 15.9. The van der Waals surface area contributed by atoms with Crippen molar-refractivity contribution in [3.8, 4) is 11.4 Å². The second kappa shape index (κ2) is 8.27. The van der Waals surface area contributed by atoms with E-state index in [0.29, 0.717) is 6.54 Å². The van der Waals surface area contributed by atoms with Crippen LogP contribution in [0.15, 0.2) is 67.0 Å². The molecule has 1 aromatic heterocycles. The van der Waals surface area contributed by atoms with Crippen molar-refractivity contribution in [3.63, 3.8) is 0 Å². The maximum atomic E-state index is 13.0. The Labute approximate surface area is 164 Å². The van der Waals surface area contributed by atoms with E-state index < -0.39 is 0 Å². The summed E-state index contributed by atoms with van der Waals surface area (Å²) >= 11 is 0. The highest BCUT2D eigenvalue weighted by molar-refractivity contribution is 5.95. The van der Waals surface area contributed by atoms with Gasteiger partial charge in [-0.1, -0.05) is 24.3 Å². The van der Waals surface area contributed by atoms with Crippen LogP contribution in [0, 0.1) is 0 Å². The summed E-state index contributed by atoms with van der Waals surface area (Å²) in [5.41, 5.74) is 2.80. The highest BCUT2D eigenvalue weighted by atomic mass is 16.5. The van der Waals surface area contributed by atoms with Crippen molar-refractivity contribution in [2.24, 2.45) is 0 Å². The van der Waals surface area contributed by atoms with Gasteiger partial charge in [-0.2, -0.15) is 5.10 Å². The van der Waals surface area contributed by atoms with Crippen LogP contribution in [0.2, 0.25) is 0 Å². The molecule has 0 bridgehead atoms. The van der Waals surface area contributed by atoms with E-state index in [4.69, 9.17) is 4.74 Å². The lowest BCUT2D eigenvalue weighted by Crippen LogP contribution is -2.39. The van der Waals surface area contributed by atoms with Crippen LogP contribution in [0.5, 0.6) is 5.75 Å². The molecule has 1 aliphatic rings. The number of likely N-dealkylation sites (tertiary alicyclic amines) is 1. The first-order chi connectivity index (χ1) is 13.7. The summed E-state index contributed by atoms with van der Waals surface area (Å²) in [5, 5.41) is 7.32. The van der Waals surface area contributed by atoms with Crippen LogP contribution in [0.3, 0.4) is 0 Å². The van der Waals surface area contributed by atoms with Crippen LogP contribution in [-0.4, -0.2) is 40.3 Å². The van der Waals surface area contributed by atoms with Crippen LogP contribution in [0.4, 0.5) is 5.69 Å². The quantitative estimate of drug-likeness (QED) is 0.716. The standard InChI is InChI=1S/C22H24N4O2/c1-28-21-11-3-2-7-17(21)16-25-13-5-10-20(25)22(27)24-18-8-4-9-19(15-18)26-14-6-12-23-26/h2-4,6-9,11-12,14-15,20H,5,10,13,16H2,1H3,(H,24,27). The average Bonchev–Trinajstić information content (AvgIpc) is 3.41. The average molecular weight is 376 g/mol. The van der Waals surface area contributed by atoms with Crippen molar-refractivity contribution in [2.75, 3.05) is 19.0 Å². The largest absolute Gasteiger partial charge is 0.496 e. The SMILES string of the molecule is COc1ccccc1CN1CCCC1C(=O)Nc1cccc(-n2cccn2)c1. The van der Waals surface area contributed by atoms with E-state index in [0.717, 1.165) is 42.1 Å². The Bertz CT molecular complexity index is 939. The molecule has 2 aromatic carbocycles. The van der Waals surface area contributed by atoms with Gasteiger partial charge in [0.1, 0.15) is 5.75 Å². The Balaban J connectivity index is 1.46. The number of nitrogens with zero attached hydrogens (tertiary/aromatic N) is 3. The number of hydrogen-bond acceptors (Lipinski definition) is 4. The predicted octanol–water partition coefficient (Wildman–Crippen LogP) is 3.48. The Morgan fingerprint density at radius 2 is 2.11 bits per heavy atom. The summed E-state index contributed by atoms with van der Waals surface area (Å²) in [4.78, 5) is 15.2. The van der Waals surface area contributed by atoms with Gasteiger partial charge in [0.25, 0.3) is 0 Å². The lowest BCUT2D eigenvalue weighted by Gasteiger charge is -2.24. The normalized spacial score (nSPS) is 16.8. The van der Waals surface area contributed by atoms with E-state index in [1.165, 1.54) is 0 Å². The molecular formula is C22H24N4O2. The molecule has 1 amide bonds. The van der Waals surface area contributed by atoms with Crippen LogP contribution in [-0.2, 0) is 11.3 Å². The summed E-state index contributed by atoms with van der Waals surface area (Å²) in [5.74, 6) is 0.894. The molecule has 4 rings (SSSR count). The van der Waals surface area contributed by atoms with Gasteiger partial charge in [0.15, 0.2) is 0 Å². The van der Waals surface area contributed by atoms with Gasteiger partial charge in [0.05, 0.1) is 18.8 Å². The molecular weight excluding hydrogens is 352 g/mol. The van der Waals surface area contributed by atoms with E-state index in [1.807, 2.05) is 54.7 Å². The predicted molar refractivity (Wildman–Crippen MR) is 109 cm³/mol. The molecule has 0 saturated carbocycles. The number of amides is 1. The van der Waals surface area contributed by atoms with Gasteiger partial charge < -0.3 is 10.1 Å². The minimum absolute atomic E-state index is 0.0324. The first kappa shape index (κ1) is 18.3. The molecule has 6 nitrogen and oxygen atoms in total. The maximum absolute atomic E-state index is 13.0. The number of anilines is 1. The monoisotopic (exact) mass is 376 g/mol. The molecule has 0 spiro atoms. The van der Waals surface area contributed by atoms with Crippen LogP contribution < -0.4 is 10.1 Å². The van der Waals surface area contributed by atoms with Gasteiger partial charge in [-0.05, 0) is 49.7 Å². The Morgan fingerprint density at radius 3 is 2.93 bits per heavy atom. The number of aromatic nitrogens is 2. The van der Waals surface area contributed by atoms with Gasteiger partial charge >= 0.3 is 0 Å². The zero-order chi connectivity index (χ0) is 19.3. The van der Waals surface area contributed by atoms with Crippen molar-refractivity contribution < 1.29 is 9.53 Å². The summed E-state index contributed by atoms with van der Waals surface area (Å²) < 4.78 is 7.24. The molecule has 2 heterocycles. The van der Waals surface area contributed by atoms with Crippen molar-refractivity contribution in [2.45, 2.75) is 25.4 Å². The van der Waals surface area contributed by atoms with Crippen LogP contribution >= 0.6 is 0 Å². The third-order valence-corrected chi connectivity index (χ3v) is 5.11. The number of para-hydroxylation sites is 1. The van der Waals surface area contributed by atoms with E-state index in [9.17, 15) is 4.79 Å². The first-order valence-corrected chi connectivity index (χ1v) is 9.51. The zero-order valence-electron chi connectivity index (χ0n) is 15.9.